The van der Waals surface area contributed by atoms with E-state index < -0.39 is 10.0 Å². The molecule has 0 saturated carbocycles. The molecule has 0 radical (unpaired) electrons. The van der Waals surface area contributed by atoms with E-state index in [4.69, 9.17) is 4.74 Å². The summed E-state index contributed by atoms with van der Waals surface area (Å²) >= 11 is 0. The maximum absolute atomic E-state index is 12.8. The zero-order valence-corrected chi connectivity index (χ0v) is 19.6. The van der Waals surface area contributed by atoms with Gasteiger partial charge in [0.25, 0.3) is 5.91 Å². The molecule has 7 heteroatoms. The van der Waals surface area contributed by atoms with Crippen molar-refractivity contribution < 1.29 is 17.9 Å². The molecule has 0 aromatic heterocycles. The van der Waals surface area contributed by atoms with Gasteiger partial charge in [-0.1, -0.05) is 62.2 Å². The van der Waals surface area contributed by atoms with Gasteiger partial charge in [-0.2, -0.15) is 0 Å². The molecular weight excluding hydrogens is 436 g/mol. The van der Waals surface area contributed by atoms with E-state index in [-0.39, 0.29) is 10.8 Å². The molecule has 0 aliphatic carbocycles. The first-order valence-corrected chi connectivity index (χ1v) is 12.6. The lowest BCUT2D eigenvalue weighted by Gasteiger charge is -2.12. The highest BCUT2D eigenvalue weighted by atomic mass is 32.2. The molecule has 174 valence electrons. The van der Waals surface area contributed by atoms with Crippen LogP contribution in [0.15, 0.2) is 83.8 Å². The SMILES string of the molecule is CCCCCOc1ccccc1C(=O)Nc1ccc(S(=O)(=O)NCCc2ccccc2)cc1. The minimum atomic E-state index is -3.63. The first-order chi connectivity index (χ1) is 16.0. The monoisotopic (exact) mass is 466 g/mol. The fourth-order valence-electron chi connectivity index (χ4n) is 3.29. The highest BCUT2D eigenvalue weighted by Crippen LogP contribution is 2.21. The Morgan fingerprint density at radius 3 is 2.30 bits per heavy atom. The van der Waals surface area contributed by atoms with Gasteiger partial charge in [0.05, 0.1) is 17.1 Å². The van der Waals surface area contributed by atoms with Crippen molar-refractivity contribution in [2.75, 3.05) is 18.5 Å². The number of anilines is 1. The average Bonchev–Trinajstić information content (AvgIpc) is 2.83. The molecule has 6 nitrogen and oxygen atoms in total. The molecule has 0 aliphatic rings. The first kappa shape index (κ1) is 24.5. The summed E-state index contributed by atoms with van der Waals surface area (Å²) in [6, 6.07) is 22.9. The van der Waals surface area contributed by atoms with E-state index in [9.17, 15) is 13.2 Å². The quantitative estimate of drug-likeness (QED) is 0.367. The number of rotatable bonds is 12. The lowest BCUT2D eigenvalue weighted by Crippen LogP contribution is -2.26. The van der Waals surface area contributed by atoms with Gasteiger partial charge in [0.2, 0.25) is 10.0 Å². The van der Waals surface area contributed by atoms with Gasteiger partial charge in [0, 0.05) is 12.2 Å². The van der Waals surface area contributed by atoms with Crippen LogP contribution in [0, 0.1) is 0 Å². The molecule has 1 amide bonds. The third kappa shape index (κ3) is 7.44. The van der Waals surface area contributed by atoms with E-state index in [0.717, 1.165) is 24.8 Å². The average molecular weight is 467 g/mol. The van der Waals surface area contributed by atoms with Crippen molar-refractivity contribution in [2.24, 2.45) is 0 Å². The Labute approximate surface area is 196 Å². The molecule has 2 N–H and O–H groups in total. The molecule has 0 atom stereocenters. The largest absolute Gasteiger partial charge is 0.493 e. The number of para-hydroxylation sites is 1. The lowest BCUT2D eigenvalue weighted by molar-refractivity contribution is 0.102. The van der Waals surface area contributed by atoms with Crippen LogP contribution in [0.4, 0.5) is 5.69 Å². The molecule has 3 aromatic rings. The Kier molecular flexibility index (Phi) is 9.04. The van der Waals surface area contributed by atoms with Crippen molar-refractivity contribution in [3.63, 3.8) is 0 Å². The highest BCUT2D eigenvalue weighted by molar-refractivity contribution is 7.89. The Bertz CT molecular complexity index is 1130. The van der Waals surface area contributed by atoms with Crippen molar-refractivity contribution in [2.45, 2.75) is 37.5 Å². The summed E-state index contributed by atoms with van der Waals surface area (Å²) in [5, 5.41) is 2.81. The number of benzene rings is 3. The topological polar surface area (TPSA) is 84.5 Å². The molecule has 3 aromatic carbocycles. The van der Waals surface area contributed by atoms with Gasteiger partial charge < -0.3 is 10.1 Å². The minimum Gasteiger partial charge on any atom is -0.493 e. The lowest BCUT2D eigenvalue weighted by atomic mass is 10.2. The van der Waals surface area contributed by atoms with Crippen LogP contribution < -0.4 is 14.8 Å². The predicted molar refractivity (Wildman–Crippen MR) is 131 cm³/mol. The summed E-state index contributed by atoms with van der Waals surface area (Å²) < 4.78 is 33.5. The number of ether oxygens (including phenoxy) is 1. The smallest absolute Gasteiger partial charge is 0.259 e. The molecule has 3 rings (SSSR count). The number of sulfonamides is 1. The maximum Gasteiger partial charge on any atom is 0.259 e. The van der Waals surface area contributed by atoms with Crippen LogP contribution in [-0.2, 0) is 16.4 Å². The summed E-state index contributed by atoms with van der Waals surface area (Å²) in [4.78, 5) is 12.9. The van der Waals surface area contributed by atoms with Crippen LogP contribution in [0.3, 0.4) is 0 Å². The number of unbranched alkanes of at least 4 members (excludes halogenated alkanes) is 2. The summed E-state index contributed by atoms with van der Waals surface area (Å²) in [6.45, 7) is 2.99. The van der Waals surface area contributed by atoms with E-state index >= 15 is 0 Å². The second-order valence-electron chi connectivity index (χ2n) is 7.66. The molecular formula is C26H30N2O4S. The Morgan fingerprint density at radius 1 is 0.879 bits per heavy atom. The van der Waals surface area contributed by atoms with Crippen LogP contribution >= 0.6 is 0 Å². The van der Waals surface area contributed by atoms with Gasteiger partial charge >= 0.3 is 0 Å². The fourth-order valence-corrected chi connectivity index (χ4v) is 4.32. The maximum atomic E-state index is 12.8. The third-order valence-corrected chi connectivity index (χ3v) is 6.59. The van der Waals surface area contributed by atoms with E-state index in [1.165, 1.54) is 12.1 Å². The molecule has 0 bridgehead atoms. The van der Waals surface area contributed by atoms with Gasteiger partial charge in [-0.25, -0.2) is 13.1 Å². The second kappa shape index (κ2) is 12.2. The summed E-state index contributed by atoms with van der Waals surface area (Å²) in [5.41, 5.74) is 2.00. The molecule has 0 unspecified atom stereocenters. The number of carbonyl (C=O) groups is 1. The normalized spacial score (nSPS) is 11.2. The number of hydrogen-bond donors (Lipinski definition) is 2. The summed E-state index contributed by atoms with van der Waals surface area (Å²) in [5.74, 6) is 0.227. The molecule has 0 aliphatic heterocycles. The summed E-state index contributed by atoms with van der Waals surface area (Å²) in [6.07, 6.45) is 3.71. The Morgan fingerprint density at radius 2 is 1.58 bits per heavy atom. The standard InChI is InChI=1S/C26H30N2O4S/c1-2-3-9-20-32-25-13-8-7-12-24(25)26(29)28-22-14-16-23(17-15-22)33(30,31)27-19-18-21-10-5-4-6-11-21/h4-8,10-17,27H,2-3,9,18-20H2,1H3,(H,28,29). The number of carbonyl (C=O) groups excluding carboxylic acids is 1. The molecule has 0 saturated heterocycles. The second-order valence-corrected chi connectivity index (χ2v) is 9.43. The van der Waals surface area contributed by atoms with E-state index in [1.54, 1.807) is 30.3 Å². The van der Waals surface area contributed by atoms with Crippen LogP contribution in [0.1, 0.15) is 42.1 Å². The van der Waals surface area contributed by atoms with Crippen molar-refractivity contribution in [3.8, 4) is 5.75 Å². The van der Waals surface area contributed by atoms with Crippen molar-refractivity contribution in [1.82, 2.24) is 4.72 Å². The fraction of sp³-hybridized carbons (Fsp3) is 0.269. The van der Waals surface area contributed by atoms with Crippen LogP contribution in [0.2, 0.25) is 0 Å². The van der Waals surface area contributed by atoms with Gasteiger partial charge in [0.1, 0.15) is 5.75 Å². The van der Waals surface area contributed by atoms with Gasteiger partial charge in [-0.15, -0.1) is 0 Å². The zero-order chi connectivity index (χ0) is 23.5. The zero-order valence-electron chi connectivity index (χ0n) is 18.8. The Hall–Kier alpha value is -3.16. The van der Waals surface area contributed by atoms with E-state index in [2.05, 4.69) is 17.0 Å². The third-order valence-electron chi connectivity index (χ3n) is 5.11. The van der Waals surface area contributed by atoms with E-state index in [0.29, 0.717) is 36.6 Å². The number of nitrogens with one attached hydrogen (secondary N) is 2. The van der Waals surface area contributed by atoms with Crippen molar-refractivity contribution in [3.05, 3.63) is 90.0 Å². The van der Waals surface area contributed by atoms with Crippen molar-refractivity contribution >= 4 is 21.6 Å². The predicted octanol–water partition coefficient (Wildman–Crippen LogP) is 5.03. The van der Waals surface area contributed by atoms with Gasteiger partial charge in [0.15, 0.2) is 0 Å². The summed E-state index contributed by atoms with van der Waals surface area (Å²) in [7, 11) is -3.63. The number of hydrogen-bond acceptors (Lipinski definition) is 4. The molecule has 33 heavy (non-hydrogen) atoms. The van der Waals surface area contributed by atoms with Gasteiger partial charge in [-0.05, 0) is 54.8 Å². The highest BCUT2D eigenvalue weighted by Gasteiger charge is 2.15. The van der Waals surface area contributed by atoms with Crippen LogP contribution in [0.25, 0.3) is 0 Å². The molecule has 0 fully saturated rings. The van der Waals surface area contributed by atoms with Gasteiger partial charge in [-0.3, -0.25) is 4.79 Å². The van der Waals surface area contributed by atoms with Crippen LogP contribution in [0.5, 0.6) is 5.75 Å². The van der Waals surface area contributed by atoms with E-state index in [1.807, 2.05) is 36.4 Å². The minimum absolute atomic E-state index is 0.146. The van der Waals surface area contributed by atoms with Crippen LogP contribution in [-0.4, -0.2) is 27.5 Å². The molecule has 0 heterocycles. The first-order valence-electron chi connectivity index (χ1n) is 11.2. The number of amides is 1. The van der Waals surface area contributed by atoms with Crippen molar-refractivity contribution in [1.29, 1.82) is 0 Å². The molecule has 0 spiro atoms. The Balaban J connectivity index is 1.58.